The molecule has 0 saturated carbocycles. The van der Waals surface area contributed by atoms with E-state index in [0.717, 1.165) is 35.4 Å². The quantitative estimate of drug-likeness (QED) is 0.0261. The number of piperidine rings is 1. The van der Waals surface area contributed by atoms with Crippen molar-refractivity contribution < 1.29 is 66.3 Å². The number of unbranched alkanes of at least 4 members (excludes halogenated alkanes) is 2. The molecule has 0 spiro atoms. The Morgan fingerprint density at radius 2 is 1.58 bits per heavy atom. The molecule has 0 radical (unpaired) electrons. The molecule has 1 aromatic heterocycles. The Morgan fingerprint density at radius 3 is 2.27 bits per heavy atom. The number of primary amides is 1. The summed E-state index contributed by atoms with van der Waals surface area (Å²) in [6.45, 7) is 0.0237. The zero-order valence-electron chi connectivity index (χ0n) is 44.8. The first kappa shape index (κ1) is 58.9. The normalized spacial score (nSPS) is 19.4. The maximum absolute atomic E-state index is 15.0. The number of hydrogen-bond acceptors (Lipinski definition) is 10. The smallest absolute Gasteiger partial charge is 0.370 e. The molecule has 3 saturated heterocycles. The van der Waals surface area contributed by atoms with Crippen LogP contribution in [0.15, 0.2) is 103 Å². The van der Waals surface area contributed by atoms with Crippen molar-refractivity contribution in [1.82, 2.24) is 46.3 Å². The van der Waals surface area contributed by atoms with Crippen LogP contribution in [-0.4, -0.2) is 133 Å². The summed E-state index contributed by atoms with van der Waals surface area (Å²) >= 11 is 0. The summed E-state index contributed by atoms with van der Waals surface area (Å²) in [4.78, 5) is 147. The summed E-state index contributed by atoms with van der Waals surface area (Å²) < 4.78 is 41.1. The highest BCUT2D eigenvalue weighted by atomic mass is 31.2. The maximum Gasteiger partial charge on any atom is 0.399 e. The van der Waals surface area contributed by atoms with Gasteiger partial charge in [-0.2, -0.15) is 8.78 Å². The van der Waals surface area contributed by atoms with Gasteiger partial charge in [-0.3, -0.25) is 48.2 Å². The Balaban J connectivity index is 0.888. The van der Waals surface area contributed by atoms with E-state index in [1.54, 1.807) is 18.2 Å². The molecule has 25 heteroatoms. The summed E-state index contributed by atoms with van der Waals surface area (Å²) in [7, 11) is -5.94. The van der Waals surface area contributed by atoms with E-state index in [0.29, 0.717) is 36.0 Å². The highest BCUT2D eigenvalue weighted by Gasteiger charge is 2.51. The van der Waals surface area contributed by atoms with E-state index >= 15 is 4.79 Å². The molecule has 4 aliphatic heterocycles. The molecular weight excluding hydrogens is 1100 g/mol. The number of hydrogen-bond donors (Lipinski definition) is 9. The van der Waals surface area contributed by atoms with E-state index in [4.69, 9.17) is 5.73 Å². The first-order valence-electron chi connectivity index (χ1n) is 27.2. The van der Waals surface area contributed by atoms with Crippen LogP contribution in [0.25, 0.3) is 10.9 Å². The minimum atomic E-state index is -5.94. The van der Waals surface area contributed by atoms with Crippen LogP contribution in [0.1, 0.15) is 119 Å². The molecular formula is C58H61F2N10O12P. The first-order valence-corrected chi connectivity index (χ1v) is 28.8. The number of benzene rings is 4. The number of nitrogens with two attached hydrogens (primary N) is 1. The number of fused-ring (bicyclic) bond motifs is 3. The molecule has 83 heavy (non-hydrogen) atoms. The molecule has 5 aromatic rings. The van der Waals surface area contributed by atoms with Crippen LogP contribution in [0, 0.1) is 11.8 Å². The fourth-order valence-electron chi connectivity index (χ4n) is 11.0. The molecule has 5 heterocycles. The van der Waals surface area contributed by atoms with Crippen molar-refractivity contribution in [2.45, 2.75) is 113 Å². The third-order valence-electron chi connectivity index (χ3n) is 15.3. The van der Waals surface area contributed by atoms with Crippen molar-refractivity contribution in [1.29, 1.82) is 0 Å². The number of imide groups is 1. The first-order chi connectivity index (χ1) is 39.7. The Labute approximate surface area is 474 Å². The number of carbonyl (C=O) groups is 9. The molecule has 434 valence electrons. The third-order valence-corrected chi connectivity index (χ3v) is 16.3. The van der Waals surface area contributed by atoms with E-state index in [1.807, 2.05) is 60.7 Å². The van der Waals surface area contributed by atoms with Crippen LogP contribution in [0.3, 0.4) is 0 Å². The minimum Gasteiger partial charge on any atom is -0.370 e. The SMILES string of the molecule is NC(=O)CCC(NC(=O)C1CCC2CCN(C(=O)NCCCCC#Cc3cccc4c3CN(C3CCC(=O)NC3=O)C4=O)CC(NC(=O)c3cc4cc(C(F)(F)P(=O)(O)O)ccc4[nH]3)C(=O)N21)C(=O)NC(c1ccccc1)c1ccccc1. The fraction of sp³-hybridized carbons (Fsp3) is 0.362. The standard InChI is InChI=1S/C58H61F2N10O12P/c59-58(60,83(80,81)82)38-19-21-42-37(30-38)31-44(63-42)52(74)65-45-33-68(57(79)62-28-10-2-1-5-12-34-17-11-18-40-41(34)32-69(55(40)77)46-24-26-49(72)66-53(46)75)29-27-39-20-23-47(70(39)56(45)78)54(76)64-43(22-25-48(61)71)51(73)67-50(35-13-6-3-7-14-35)36-15-8-4-9-16-36/h3-4,6-9,11,13-19,21,30-31,39,43,45-47,50,63H,1-2,10,20,22-29,32-33H2,(H2,61,71)(H,62,79)(H,64,76)(H,65,74)(H,67,73)(H,66,72,75)(H2,80,81,82). The van der Waals surface area contributed by atoms with Gasteiger partial charge >= 0.3 is 19.3 Å². The van der Waals surface area contributed by atoms with E-state index in [9.17, 15) is 61.5 Å². The predicted octanol–water partition coefficient (Wildman–Crippen LogP) is 3.91. The number of amides is 10. The molecule has 4 aliphatic rings. The van der Waals surface area contributed by atoms with Gasteiger partial charge in [-0.15, -0.1) is 0 Å². The number of alkyl halides is 2. The van der Waals surface area contributed by atoms with Crippen molar-refractivity contribution in [2.75, 3.05) is 19.6 Å². The van der Waals surface area contributed by atoms with Crippen LogP contribution in [-0.2, 0) is 45.5 Å². The highest BCUT2D eigenvalue weighted by molar-refractivity contribution is 7.52. The lowest BCUT2D eigenvalue weighted by Crippen LogP contribution is -2.62. The number of nitrogens with one attached hydrogen (secondary N) is 6. The summed E-state index contributed by atoms with van der Waals surface area (Å²) in [6.07, 6.45) is 1.97. The average molecular weight is 1160 g/mol. The van der Waals surface area contributed by atoms with Crippen LogP contribution < -0.4 is 32.3 Å². The fourth-order valence-corrected chi connectivity index (χ4v) is 11.5. The molecule has 0 aliphatic carbocycles. The lowest BCUT2D eigenvalue weighted by molar-refractivity contribution is -0.143. The zero-order chi connectivity index (χ0) is 59.2. The van der Waals surface area contributed by atoms with Gasteiger partial charge in [0, 0.05) is 72.5 Å². The summed E-state index contributed by atoms with van der Waals surface area (Å²) in [5.41, 5.74) is 3.12. The Morgan fingerprint density at radius 1 is 0.855 bits per heavy atom. The summed E-state index contributed by atoms with van der Waals surface area (Å²) in [6, 6.07) is 20.7. The van der Waals surface area contributed by atoms with Gasteiger partial charge in [-0.25, -0.2) is 4.79 Å². The number of H-pyrrole nitrogens is 1. The van der Waals surface area contributed by atoms with Crippen molar-refractivity contribution in [3.05, 3.63) is 142 Å². The topological polar surface area (TPSA) is 323 Å². The van der Waals surface area contributed by atoms with Crippen molar-refractivity contribution in [3.63, 3.8) is 0 Å². The van der Waals surface area contributed by atoms with Gasteiger partial charge in [-0.05, 0) is 92.0 Å². The lowest BCUT2D eigenvalue weighted by atomic mass is 9.98. The van der Waals surface area contributed by atoms with Gasteiger partial charge < -0.3 is 56.5 Å². The molecule has 22 nitrogen and oxygen atoms in total. The number of aromatic amines is 1. The van der Waals surface area contributed by atoms with E-state index in [2.05, 4.69) is 43.4 Å². The number of rotatable bonds is 18. The van der Waals surface area contributed by atoms with Crippen molar-refractivity contribution in [2.24, 2.45) is 5.73 Å². The number of halogens is 2. The van der Waals surface area contributed by atoms with Gasteiger partial charge in [0.25, 0.3) is 11.8 Å². The van der Waals surface area contributed by atoms with Gasteiger partial charge in [0.05, 0.1) is 12.6 Å². The summed E-state index contributed by atoms with van der Waals surface area (Å²) in [5, 5.41) is 13.6. The van der Waals surface area contributed by atoms with Crippen molar-refractivity contribution >= 4 is 71.8 Å². The van der Waals surface area contributed by atoms with Gasteiger partial charge in [0.15, 0.2) is 0 Å². The predicted molar refractivity (Wildman–Crippen MR) is 295 cm³/mol. The van der Waals surface area contributed by atoms with Crippen LogP contribution in [0.5, 0.6) is 0 Å². The largest absolute Gasteiger partial charge is 0.399 e. The number of aromatic nitrogens is 1. The lowest BCUT2D eigenvalue weighted by Gasteiger charge is -2.39. The van der Waals surface area contributed by atoms with Crippen LogP contribution >= 0.6 is 7.60 Å². The second-order valence-corrected chi connectivity index (χ2v) is 22.5. The average Bonchev–Trinajstić information content (AvgIpc) is 4.43. The number of carbonyl (C=O) groups excluding carboxylic acids is 9. The molecule has 10 N–H and O–H groups in total. The van der Waals surface area contributed by atoms with Crippen LogP contribution in [0.2, 0.25) is 0 Å². The van der Waals surface area contributed by atoms with Crippen LogP contribution in [0.4, 0.5) is 13.6 Å². The van der Waals surface area contributed by atoms with Gasteiger partial charge in [0.2, 0.25) is 35.4 Å². The molecule has 10 amide bonds. The number of urea groups is 1. The van der Waals surface area contributed by atoms with Gasteiger partial charge in [-0.1, -0.05) is 84.6 Å². The summed E-state index contributed by atoms with van der Waals surface area (Å²) in [5.74, 6) is 1.30. The Bertz CT molecular complexity index is 3440. The third kappa shape index (κ3) is 13.3. The number of nitrogens with zero attached hydrogens (tertiary/aromatic N) is 3. The Kier molecular flexibility index (Phi) is 17.8. The molecule has 5 unspecified atom stereocenters. The minimum absolute atomic E-state index is 0.0136. The second-order valence-electron chi connectivity index (χ2n) is 20.9. The van der Waals surface area contributed by atoms with E-state index < -0.39 is 103 Å². The van der Waals surface area contributed by atoms with E-state index in [-0.39, 0.29) is 93.0 Å². The molecule has 5 atom stereocenters. The Hall–Kier alpha value is -8.78. The van der Waals surface area contributed by atoms with E-state index in [1.165, 1.54) is 14.7 Å². The zero-order valence-corrected chi connectivity index (χ0v) is 45.7. The monoisotopic (exact) mass is 1160 g/mol. The van der Waals surface area contributed by atoms with Crippen molar-refractivity contribution in [3.8, 4) is 11.8 Å². The van der Waals surface area contributed by atoms with Gasteiger partial charge in [0.1, 0.15) is 29.9 Å². The maximum atomic E-state index is 15.0. The highest BCUT2D eigenvalue weighted by Crippen LogP contribution is 2.59. The molecule has 9 rings (SSSR count). The second kappa shape index (κ2) is 25.2. The molecule has 0 bridgehead atoms. The molecule has 4 aromatic carbocycles. The molecule has 3 fully saturated rings.